The van der Waals surface area contributed by atoms with Gasteiger partial charge in [-0.25, -0.2) is 9.48 Å². The summed E-state index contributed by atoms with van der Waals surface area (Å²) in [5.74, 6) is 0. The number of H-pyrrole nitrogens is 1. The Morgan fingerprint density at radius 2 is 1.87 bits per heavy atom. The Bertz CT molecular complexity index is 1200. The summed E-state index contributed by atoms with van der Waals surface area (Å²) in [6.45, 7) is 7.80. The summed E-state index contributed by atoms with van der Waals surface area (Å²) in [6.07, 6.45) is 5.61. The highest BCUT2D eigenvalue weighted by atomic mass is 16.4. The molecule has 2 aromatic heterocycles. The molecule has 0 aliphatic rings. The molecule has 0 aliphatic heterocycles. The largest absolute Gasteiger partial charge is 0.465 e. The van der Waals surface area contributed by atoms with Crippen LogP contribution in [0, 0.1) is 0 Å². The molecule has 154 valence electrons. The second kappa shape index (κ2) is 7.37. The molecule has 0 bridgehead atoms. The van der Waals surface area contributed by atoms with Crippen molar-refractivity contribution in [1.29, 1.82) is 0 Å². The summed E-state index contributed by atoms with van der Waals surface area (Å²) >= 11 is 0. The van der Waals surface area contributed by atoms with Gasteiger partial charge < -0.3 is 10.1 Å². The number of hydrogen-bond acceptors (Lipinski definition) is 2. The first-order valence-electron chi connectivity index (χ1n) is 10.1. The molecule has 2 aromatic carbocycles. The van der Waals surface area contributed by atoms with E-state index in [0.29, 0.717) is 5.69 Å². The van der Waals surface area contributed by atoms with Gasteiger partial charge in [0.15, 0.2) is 0 Å². The van der Waals surface area contributed by atoms with Gasteiger partial charge in [0, 0.05) is 34.4 Å². The number of nitrogens with zero attached hydrogens (tertiary/aromatic N) is 3. The number of benzene rings is 2. The van der Waals surface area contributed by atoms with Gasteiger partial charge in [-0.05, 0) is 62.6 Å². The number of amides is 1. The molecule has 6 heteroatoms. The fourth-order valence-electron chi connectivity index (χ4n) is 3.72. The SMILES string of the molecule is CCc1ccc(-n2cc(-c3ccc4[nH]cc(N(C(=O)O)C(C)(C)C)c4c3)cn2)cc1. The minimum Gasteiger partial charge on any atom is -0.465 e. The van der Waals surface area contributed by atoms with Gasteiger partial charge >= 0.3 is 6.09 Å². The second-order valence-corrected chi connectivity index (χ2v) is 8.42. The zero-order valence-corrected chi connectivity index (χ0v) is 17.7. The number of aryl methyl sites for hydroxylation is 1. The molecule has 4 rings (SSSR count). The zero-order chi connectivity index (χ0) is 21.5. The van der Waals surface area contributed by atoms with Gasteiger partial charge in [-0.2, -0.15) is 5.10 Å². The summed E-state index contributed by atoms with van der Waals surface area (Å²) < 4.78 is 1.86. The molecule has 4 aromatic rings. The van der Waals surface area contributed by atoms with E-state index in [0.717, 1.165) is 34.1 Å². The molecule has 6 nitrogen and oxygen atoms in total. The van der Waals surface area contributed by atoms with Gasteiger partial charge in [-0.15, -0.1) is 0 Å². The molecule has 0 atom stereocenters. The summed E-state index contributed by atoms with van der Waals surface area (Å²) in [5, 5.41) is 15.2. The topological polar surface area (TPSA) is 74.2 Å². The molecule has 2 heterocycles. The van der Waals surface area contributed by atoms with Crippen molar-refractivity contribution in [2.75, 3.05) is 4.90 Å². The molecular weight excluding hydrogens is 376 g/mol. The van der Waals surface area contributed by atoms with Crippen molar-refractivity contribution < 1.29 is 9.90 Å². The van der Waals surface area contributed by atoms with Crippen molar-refractivity contribution >= 4 is 22.7 Å². The number of hydrogen-bond donors (Lipinski definition) is 2. The van der Waals surface area contributed by atoms with Gasteiger partial charge in [-0.1, -0.05) is 25.1 Å². The first-order chi connectivity index (χ1) is 14.3. The van der Waals surface area contributed by atoms with E-state index in [2.05, 4.69) is 41.3 Å². The van der Waals surface area contributed by atoms with Crippen LogP contribution in [0.1, 0.15) is 33.3 Å². The van der Waals surface area contributed by atoms with Crippen molar-refractivity contribution in [2.24, 2.45) is 0 Å². The Labute approximate surface area is 175 Å². The Kier molecular flexibility index (Phi) is 4.86. The molecule has 1 amide bonds. The van der Waals surface area contributed by atoms with Crippen LogP contribution < -0.4 is 4.90 Å². The zero-order valence-electron chi connectivity index (χ0n) is 17.7. The van der Waals surface area contributed by atoms with Gasteiger partial charge in [0.1, 0.15) is 0 Å². The van der Waals surface area contributed by atoms with Crippen molar-refractivity contribution in [3.8, 4) is 16.8 Å². The van der Waals surface area contributed by atoms with Crippen molar-refractivity contribution in [3.63, 3.8) is 0 Å². The lowest BCUT2D eigenvalue weighted by molar-refractivity contribution is 0.196. The van der Waals surface area contributed by atoms with Crippen LogP contribution in [-0.4, -0.2) is 31.5 Å². The fourth-order valence-corrected chi connectivity index (χ4v) is 3.72. The van der Waals surface area contributed by atoms with Crippen LogP contribution in [0.5, 0.6) is 0 Å². The lowest BCUT2D eigenvalue weighted by atomic mass is 10.0. The smallest absolute Gasteiger partial charge is 0.412 e. The van der Waals surface area contributed by atoms with Crippen LogP contribution >= 0.6 is 0 Å². The Morgan fingerprint density at radius 1 is 1.13 bits per heavy atom. The second-order valence-electron chi connectivity index (χ2n) is 8.42. The van der Waals surface area contributed by atoms with Crippen molar-refractivity contribution in [1.82, 2.24) is 14.8 Å². The van der Waals surface area contributed by atoms with Crippen molar-refractivity contribution in [3.05, 3.63) is 66.6 Å². The van der Waals surface area contributed by atoms with E-state index < -0.39 is 11.6 Å². The predicted octanol–water partition coefficient (Wildman–Crippen LogP) is 5.87. The Hall–Kier alpha value is -3.54. The van der Waals surface area contributed by atoms with E-state index in [9.17, 15) is 9.90 Å². The van der Waals surface area contributed by atoms with Crippen LogP contribution in [-0.2, 0) is 6.42 Å². The molecule has 0 unspecified atom stereocenters. The number of rotatable bonds is 4. The molecule has 0 spiro atoms. The number of aromatic nitrogens is 3. The number of aromatic amines is 1. The van der Waals surface area contributed by atoms with E-state index in [4.69, 9.17) is 0 Å². The third-order valence-corrected chi connectivity index (χ3v) is 5.29. The Balaban J connectivity index is 1.74. The molecular formula is C24H26N4O2. The van der Waals surface area contributed by atoms with Gasteiger partial charge in [0.05, 0.1) is 17.6 Å². The predicted molar refractivity (Wildman–Crippen MR) is 120 cm³/mol. The fraction of sp³-hybridized carbons (Fsp3) is 0.250. The van der Waals surface area contributed by atoms with Crippen LogP contribution in [0.15, 0.2) is 61.1 Å². The minimum absolute atomic E-state index is 0.563. The first-order valence-corrected chi connectivity index (χ1v) is 10.1. The molecule has 0 saturated carbocycles. The molecule has 0 aliphatic carbocycles. The van der Waals surface area contributed by atoms with Gasteiger partial charge in [0.2, 0.25) is 0 Å². The normalized spacial score (nSPS) is 11.7. The van der Waals surface area contributed by atoms with E-state index in [1.54, 1.807) is 6.20 Å². The van der Waals surface area contributed by atoms with Crippen molar-refractivity contribution in [2.45, 2.75) is 39.7 Å². The molecule has 0 fully saturated rings. The van der Waals surface area contributed by atoms with E-state index in [-0.39, 0.29) is 0 Å². The number of nitrogens with one attached hydrogen (secondary N) is 1. The molecule has 2 N–H and O–H groups in total. The number of anilines is 1. The van der Waals surface area contributed by atoms with Crippen LogP contribution in [0.4, 0.5) is 10.5 Å². The summed E-state index contributed by atoms with van der Waals surface area (Å²) in [5.41, 5.74) is 5.23. The molecule has 30 heavy (non-hydrogen) atoms. The third kappa shape index (κ3) is 3.56. The first kappa shape index (κ1) is 19.8. The molecule has 0 saturated heterocycles. The maximum absolute atomic E-state index is 11.9. The van der Waals surface area contributed by atoms with E-state index in [1.807, 2.05) is 56.0 Å². The monoisotopic (exact) mass is 402 g/mol. The van der Waals surface area contributed by atoms with Gasteiger partial charge in [0.25, 0.3) is 0 Å². The lowest BCUT2D eigenvalue weighted by Crippen LogP contribution is -2.45. The highest BCUT2D eigenvalue weighted by Gasteiger charge is 2.29. The maximum atomic E-state index is 11.9. The lowest BCUT2D eigenvalue weighted by Gasteiger charge is -2.32. The van der Waals surface area contributed by atoms with E-state index >= 15 is 0 Å². The van der Waals surface area contributed by atoms with Crippen LogP contribution in [0.25, 0.3) is 27.7 Å². The number of fused-ring (bicyclic) bond motifs is 1. The quantitative estimate of drug-likeness (QED) is 0.448. The van der Waals surface area contributed by atoms with E-state index in [1.165, 1.54) is 10.5 Å². The summed E-state index contributed by atoms with van der Waals surface area (Å²) in [6, 6.07) is 14.4. The summed E-state index contributed by atoms with van der Waals surface area (Å²) in [7, 11) is 0. The number of carboxylic acid groups (broad SMARTS) is 1. The highest BCUT2D eigenvalue weighted by molar-refractivity contribution is 6.02. The number of carbonyl (C=O) groups is 1. The average Bonchev–Trinajstić information content (AvgIpc) is 3.34. The Morgan fingerprint density at radius 3 is 2.50 bits per heavy atom. The standard InChI is InChI=1S/C24H26N4O2/c1-5-16-6-9-19(10-7-16)27-15-18(13-26-27)17-8-11-21-20(12-17)22(14-25-21)28(23(29)30)24(2,3)4/h6-15,25H,5H2,1-4H3,(H,29,30). The third-order valence-electron chi connectivity index (χ3n) is 5.29. The van der Waals surface area contributed by atoms with Gasteiger partial charge in [-0.3, -0.25) is 4.90 Å². The minimum atomic E-state index is -0.975. The summed E-state index contributed by atoms with van der Waals surface area (Å²) in [4.78, 5) is 16.5. The average molecular weight is 402 g/mol. The maximum Gasteiger partial charge on any atom is 0.412 e. The highest BCUT2D eigenvalue weighted by Crippen LogP contribution is 2.34. The van der Waals surface area contributed by atoms with Crippen LogP contribution in [0.2, 0.25) is 0 Å². The van der Waals surface area contributed by atoms with Crippen LogP contribution in [0.3, 0.4) is 0 Å². The molecule has 0 radical (unpaired) electrons.